The van der Waals surface area contributed by atoms with Crippen molar-refractivity contribution in [1.29, 1.82) is 0 Å². The van der Waals surface area contributed by atoms with Gasteiger partial charge in [0, 0.05) is 59.7 Å². The highest BCUT2D eigenvalue weighted by Crippen LogP contribution is 2.37. The number of anilines is 1. The van der Waals surface area contributed by atoms with Crippen LogP contribution in [0.3, 0.4) is 0 Å². The van der Waals surface area contributed by atoms with Crippen LogP contribution >= 0.6 is 11.6 Å². The van der Waals surface area contributed by atoms with Gasteiger partial charge < -0.3 is 19.5 Å². The summed E-state index contributed by atoms with van der Waals surface area (Å²) in [5, 5.41) is 6.22. The van der Waals surface area contributed by atoms with E-state index in [9.17, 15) is 27.6 Å². The molecule has 1 aromatic heterocycles. The minimum absolute atomic E-state index is 0.139. The number of likely N-dealkylation sites (tertiary alicyclic amines) is 2. The van der Waals surface area contributed by atoms with Gasteiger partial charge in [0.1, 0.15) is 11.8 Å². The minimum Gasteiger partial charge on any atom is -0.405 e. The number of nitrogens with zero attached hydrogens (tertiary/aromatic N) is 3. The van der Waals surface area contributed by atoms with Gasteiger partial charge in [0.15, 0.2) is 0 Å². The van der Waals surface area contributed by atoms with Crippen molar-refractivity contribution in [2.75, 3.05) is 31.5 Å². The number of imide groups is 1. The number of amides is 2. The molecule has 50 heavy (non-hydrogen) atoms. The number of hydrogen-bond acceptors (Lipinski definition) is 7. The SMILES string of the molecule is Cc1c(-c2ccc(CN3CCC(N4CCC(c5ccc(NC6CCC(=O)NC6=O)cc5Cl)CC4)CC3)c(OC(F)(F)F)c2)cn(C)c(=O)c1C. The van der Waals surface area contributed by atoms with E-state index >= 15 is 0 Å². The van der Waals surface area contributed by atoms with Gasteiger partial charge in [-0.1, -0.05) is 29.8 Å². The van der Waals surface area contributed by atoms with E-state index in [0.717, 1.165) is 68.7 Å². The Hall–Kier alpha value is -3.87. The van der Waals surface area contributed by atoms with Crippen molar-refractivity contribution in [1.82, 2.24) is 19.7 Å². The van der Waals surface area contributed by atoms with Crippen LogP contribution in [-0.4, -0.2) is 70.8 Å². The summed E-state index contributed by atoms with van der Waals surface area (Å²) in [6, 6.07) is 10.7. The Balaban J connectivity index is 1.04. The van der Waals surface area contributed by atoms with Crippen molar-refractivity contribution in [2.45, 2.75) is 83.3 Å². The quantitative estimate of drug-likeness (QED) is 0.266. The number of aryl methyl sites for hydroxylation is 1. The standard InChI is InChI=1S/C37H43ClF3N5O4/c1-22-23(2)36(49)44(3)21-30(22)25-4-5-26(33(18-25)50-37(39,40)41)20-45-14-12-28(13-15-45)46-16-10-24(11-17-46)29-7-6-27(19-31(29)38)42-32-8-9-34(47)43-35(32)48/h4-7,18-19,21,24,28,32,42H,8-17,20H2,1-3H3,(H,43,47,48). The fraction of sp³-hybridized carbons (Fsp3) is 0.486. The summed E-state index contributed by atoms with van der Waals surface area (Å²) in [6.07, 6.45) is 1.36. The number of carbonyl (C=O) groups excluding carboxylic acids is 2. The van der Waals surface area contributed by atoms with Crippen LogP contribution in [0.15, 0.2) is 47.4 Å². The van der Waals surface area contributed by atoms with E-state index in [1.165, 1.54) is 10.6 Å². The molecule has 2 N–H and O–H groups in total. The van der Waals surface area contributed by atoms with Crippen LogP contribution in [0.4, 0.5) is 18.9 Å². The number of ether oxygens (including phenoxy) is 1. The maximum Gasteiger partial charge on any atom is 0.573 e. The summed E-state index contributed by atoms with van der Waals surface area (Å²) in [6.45, 7) is 7.28. The first kappa shape index (κ1) is 35.9. The van der Waals surface area contributed by atoms with E-state index in [-0.39, 0.29) is 23.1 Å². The number of pyridine rings is 1. The average Bonchev–Trinajstić information content (AvgIpc) is 3.07. The van der Waals surface area contributed by atoms with Gasteiger partial charge in [0.25, 0.3) is 5.56 Å². The van der Waals surface area contributed by atoms with Crippen LogP contribution in [0.2, 0.25) is 5.02 Å². The van der Waals surface area contributed by atoms with E-state index in [1.54, 1.807) is 39.2 Å². The second kappa shape index (κ2) is 14.8. The lowest BCUT2D eigenvalue weighted by Gasteiger charge is -2.42. The van der Waals surface area contributed by atoms with Crippen molar-refractivity contribution in [2.24, 2.45) is 7.05 Å². The van der Waals surface area contributed by atoms with Crippen molar-refractivity contribution >= 4 is 29.1 Å². The highest BCUT2D eigenvalue weighted by Gasteiger charge is 2.34. The molecule has 0 aliphatic carbocycles. The maximum atomic E-state index is 13.5. The number of alkyl halides is 3. The van der Waals surface area contributed by atoms with Gasteiger partial charge >= 0.3 is 6.36 Å². The molecule has 9 nitrogen and oxygen atoms in total. The Bertz CT molecular complexity index is 1810. The van der Waals surface area contributed by atoms with Gasteiger partial charge in [-0.15, -0.1) is 13.2 Å². The van der Waals surface area contributed by atoms with E-state index < -0.39 is 12.4 Å². The topological polar surface area (TPSA) is 95.9 Å². The molecule has 3 fully saturated rings. The number of hydrogen-bond donors (Lipinski definition) is 2. The molecule has 268 valence electrons. The van der Waals surface area contributed by atoms with Crippen molar-refractivity contribution < 1.29 is 27.5 Å². The normalized spacial score (nSPS) is 20.2. The predicted molar refractivity (Wildman–Crippen MR) is 186 cm³/mol. The summed E-state index contributed by atoms with van der Waals surface area (Å²) in [5.74, 6) is -0.465. The predicted octanol–water partition coefficient (Wildman–Crippen LogP) is 6.28. The number of aromatic nitrogens is 1. The summed E-state index contributed by atoms with van der Waals surface area (Å²) in [5.41, 5.74) is 4.71. The van der Waals surface area contributed by atoms with Crippen LogP contribution in [0.25, 0.3) is 11.1 Å². The summed E-state index contributed by atoms with van der Waals surface area (Å²) < 4.78 is 46.5. The highest BCUT2D eigenvalue weighted by molar-refractivity contribution is 6.31. The van der Waals surface area contributed by atoms with Crippen LogP contribution in [0, 0.1) is 13.8 Å². The molecule has 13 heteroatoms. The molecule has 1 atom stereocenters. The Morgan fingerprint density at radius 1 is 0.940 bits per heavy atom. The molecule has 2 aromatic carbocycles. The monoisotopic (exact) mass is 713 g/mol. The van der Waals surface area contributed by atoms with Gasteiger partial charge in [-0.25, -0.2) is 0 Å². The fourth-order valence-corrected chi connectivity index (χ4v) is 7.91. The van der Waals surface area contributed by atoms with Gasteiger partial charge in [-0.2, -0.15) is 0 Å². The van der Waals surface area contributed by atoms with E-state index in [2.05, 4.69) is 25.2 Å². The van der Waals surface area contributed by atoms with E-state index in [4.69, 9.17) is 11.6 Å². The first-order valence-electron chi connectivity index (χ1n) is 17.2. The highest BCUT2D eigenvalue weighted by atomic mass is 35.5. The molecule has 0 bridgehead atoms. The summed E-state index contributed by atoms with van der Waals surface area (Å²) in [7, 11) is 1.63. The molecule has 3 aliphatic heterocycles. The zero-order valence-corrected chi connectivity index (χ0v) is 29.3. The van der Waals surface area contributed by atoms with Crippen LogP contribution in [0.5, 0.6) is 5.75 Å². The summed E-state index contributed by atoms with van der Waals surface area (Å²) >= 11 is 6.72. The van der Waals surface area contributed by atoms with Crippen molar-refractivity contribution in [3.05, 3.63) is 80.2 Å². The molecule has 3 aromatic rings. The molecular weight excluding hydrogens is 671 g/mol. The maximum absolute atomic E-state index is 13.5. The smallest absolute Gasteiger partial charge is 0.405 e. The molecule has 0 radical (unpaired) electrons. The molecular formula is C37H43ClF3N5O4. The zero-order valence-electron chi connectivity index (χ0n) is 28.5. The molecule has 1 unspecified atom stereocenters. The number of piperidine rings is 3. The minimum atomic E-state index is -4.83. The second-order valence-electron chi connectivity index (χ2n) is 13.8. The Morgan fingerprint density at radius 2 is 1.66 bits per heavy atom. The lowest BCUT2D eigenvalue weighted by Crippen LogP contribution is -2.47. The second-order valence-corrected chi connectivity index (χ2v) is 14.2. The van der Waals surface area contributed by atoms with Gasteiger partial charge in [-0.3, -0.25) is 24.6 Å². The molecule has 0 spiro atoms. The molecule has 2 amide bonds. The largest absolute Gasteiger partial charge is 0.573 e. The first-order chi connectivity index (χ1) is 23.8. The number of benzene rings is 2. The summed E-state index contributed by atoms with van der Waals surface area (Å²) in [4.78, 5) is 40.7. The van der Waals surface area contributed by atoms with Crippen LogP contribution in [0.1, 0.15) is 66.7 Å². The lowest BCUT2D eigenvalue weighted by molar-refractivity contribution is -0.275. The number of halogens is 4. The zero-order chi connectivity index (χ0) is 35.7. The molecule has 0 saturated carbocycles. The number of carbonyl (C=O) groups is 2. The van der Waals surface area contributed by atoms with E-state index in [0.29, 0.717) is 58.6 Å². The first-order valence-corrected chi connectivity index (χ1v) is 17.6. The third-order valence-electron chi connectivity index (χ3n) is 10.6. The lowest BCUT2D eigenvalue weighted by atomic mass is 9.87. The van der Waals surface area contributed by atoms with Crippen molar-refractivity contribution in [3.8, 4) is 16.9 Å². The third-order valence-corrected chi connectivity index (χ3v) is 10.9. The molecule has 4 heterocycles. The molecule has 3 saturated heterocycles. The number of nitrogens with one attached hydrogen (secondary N) is 2. The molecule has 6 rings (SSSR count). The van der Waals surface area contributed by atoms with Crippen LogP contribution < -0.4 is 20.9 Å². The Morgan fingerprint density at radius 3 is 2.32 bits per heavy atom. The van der Waals surface area contributed by atoms with Gasteiger partial charge in [-0.05, 0) is 113 Å². The van der Waals surface area contributed by atoms with Gasteiger partial charge in [0.2, 0.25) is 11.8 Å². The molecule has 3 aliphatic rings. The fourth-order valence-electron chi connectivity index (χ4n) is 7.58. The van der Waals surface area contributed by atoms with Gasteiger partial charge in [0.05, 0.1) is 0 Å². The Labute approximate surface area is 294 Å². The Kier molecular flexibility index (Phi) is 10.6. The number of rotatable bonds is 8. The van der Waals surface area contributed by atoms with E-state index in [1.807, 2.05) is 18.2 Å². The average molecular weight is 714 g/mol. The van der Waals surface area contributed by atoms with Crippen LogP contribution in [-0.2, 0) is 23.2 Å². The van der Waals surface area contributed by atoms with Crippen molar-refractivity contribution in [3.63, 3.8) is 0 Å². The third kappa shape index (κ3) is 8.19.